The molecule has 0 unspecified atom stereocenters. The van der Waals surface area contributed by atoms with Gasteiger partial charge in [0.2, 0.25) is 0 Å². The summed E-state index contributed by atoms with van der Waals surface area (Å²) < 4.78 is 1.19. The van der Waals surface area contributed by atoms with Crippen LogP contribution in [0.1, 0.15) is 20.8 Å². The first-order valence-corrected chi connectivity index (χ1v) is 5.00. The zero-order valence-electron chi connectivity index (χ0n) is 9.23. The molecule has 0 saturated carbocycles. The van der Waals surface area contributed by atoms with E-state index in [1.807, 2.05) is 0 Å². The Balaban J connectivity index is 2.88. The van der Waals surface area contributed by atoms with E-state index in [-0.39, 0.29) is 17.4 Å². The first-order chi connectivity index (χ1) is 7.21. The molecular formula is C9H12ClN3O3. The van der Waals surface area contributed by atoms with Crippen LogP contribution in [-0.4, -0.2) is 20.5 Å². The molecule has 0 aliphatic rings. The van der Waals surface area contributed by atoms with Crippen LogP contribution in [0.15, 0.2) is 6.20 Å². The van der Waals surface area contributed by atoms with Crippen molar-refractivity contribution in [1.29, 1.82) is 0 Å². The Hall–Kier alpha value is -1.43. The zero-order chi connectivity index (χ0) is 12.5. The molecule has 0 aromatic carbocycles. The van der Waals surface area contributed by atoms with E-state index in [0.29, 0.717) is 0 Å². The summed E-state index contributed by atoms with van der Waals surface area (Å²) in [7, 11) is 0. The number of Topliss-reactive ketones (excluding diaryl/α,β-unsaturated/α-hetero) is 1. The second-order valence-corrected chi connectivity index (χ2v) is 4.84. The van der Waals surface area contributed by atoms with E-state index < -0.39 is 16.2 Å². The molecule has 0 aliphatic heterocycles. The minimum atomic E-state index is -0.680. The average Bonchev–Trinajstić information content (AvgIpc) is 2.45. The summed E-state index contributed by atoms with van der Waals surface area (Å²) in [5.41, 5.74) is -0.507. The molecule has 88 valence electrons. The molecule has 16 heavy (non-hydrogen) atoms. The molecule has 7 heteroatoms. The molecule has 0 aliphatic carbocycles. The van der Waals surface area contributed by atoms with E-state index in [2.05, 4.69) is 5.10 Å². The molecule has 0 atom stereocenters. The fraction of sp³-hybridized carbons (Fsp3) is 0.556. The maximum atomic E-state index is 11.7. The monoisotopic (exact) mass is 245 g/mol. The van der Waals surface area contributed by atoms with Gasteiger partial charge in [0.25, 0.3) is 0 Å². The van der Waals surface area contributed by atoms with Crippen LogP contribution in [0.2, 0.25) is 5.02 Å². The first kappa shape index (κ1) is 12.6. The number of aromatic nitrogens is 2. The van der Waals surface area contributed by atoms with Gasteiger partial charge in [0.05, 0.1) is 11.3 Å². The standard InChI is InChI=1S/C9H12ClN3O3/c1-9(2,3)7(14)5-12-4-6(10)8(11-12)13(15)16/h4H,5H2,1-3H3. The summed E-state index contributed by atoms with van der Waals surface area (Å²) in [5.74, 6) is -0.495. The van der Waals surface area contributed by atoms with Gasteiger partial charge in [-0.25, -0.2) is 0 Å². The van der Waals surface area contributed by atoms with Crippen molar-refractivity contribution in [2.24, 2.45) is 5.41 Å². The van der Waals surface area contributed by atoms with Crippen molar-refractivity contribution in [2.75, 3.05) is 0 Å². The topological polar surface area (TPSA) is 78.0 Å². The Morgan fingerprint density at radius 3 is 2.56 bits per heavy atom. The summed E-state index contributed by atoms with van der Waals surface area (Å²) in [6.45, 7) is 5.30. The van der Waals surface area contributed by atoms with Gasteiger partial charge in [0, 0.05) is 5.41 Å². The van der Waals surface area contributed by atoms with Crippen molar-refractivity contribution in [3.63, 3.8) is 0 Å². The number of hydrogen-bond acceptors (Lipinski definition) is 4. The number of carbonyl (C=O) groups excluding carboxylic acids is 1. The molecule has 0 saturated heterocycles. The summed E-state index contributed by atoms with van der Waals surface area (Å²) in [6, 6.07) is 0. The molecule has 0 fully saturated rings. The predicted molar refractivity (Wildman–Crippen MR) is 58.4 cm³/mol. The van der Waals surface area contributed by atoms with Gasteiger partial charge < -0.3 is 10.1 Å². The van der Waals surface area contributed by atoms with E-state index in [0.717, 1.165) is 0 Å². The van der Waals surface area contributed by atoms with Crippen LogP contribution in [0, 0.1) is 15.5 Å². The molecule has 0 spiro atoms. The quantitative estimate of drug-likeness (QED) is 0.603. The lowest BCUT2D eigenvalue weighted by Gasteiger charge is -2.14. The largest absolute Gasteiger partial charge is 0.408 e. The van der Waals surface area contributed by atoms with Crippen molar-refractivity contribution in [3.05, 3.63) is 21.3 Å². The molecule has 1 aromatic rings. The number of nitrogens with zero attached hydrogens (tertiary/aromatic N) is 3. The maximum absolute atomic E-state index is 11.7. The van der Waals surface area contributed by atoms with E-state index in [1.165, 1.54) is 10.9 Å². The number of halogens is 1. The zero-order valence-corrected chi connectivity index (χ0v) is 9.98. The highest BCUT2D eigenvalue weighted by Gasteiger charge is 2.25. The summed E-state index contributed by atoms with van der Waals surface area (Å²) >= 11 is 5.60. The van der Waals surface area contributed by atoms with Gasteiger partial charge in [-0.1, -0.05) is 32.4 Å². The Morgan fingerprint density at radius 1 is 1.62 bits per heavy atom. The molecule has 1 heterocycles. The van der Waals surface area contributed by atoms with Crippen LogP contribution in [0.25, 0.3) is 0 Å². The minimum Gasteiger partial charge on any atom is -0.358 e. The third-order valence-corrected chi connectivity index (χ3v) is 2.28. The average molecular weight is 246 g/mol. The molecule has 0 bridgehead atoms. The Morgan fingerprint density at radius 2 is 2.19 bits per heavy atom. The Labute approximate surface area is 97.3 Å². The van der Waals surface area contributed by atoms with E-state index >= 15 is 0 Å². The smallest absolute Gasteiger partial charge is 0.358 e. The number of hydrogen-bond donors (Lipinski definition) is 0. The number of ketones is 1. The van der Waals surface area contributed by atoms with E-state index in [9.17, 15) is 14.9 Å². The number of nitro groups is 1. The SMILES string of the molecule is CC(C)(C)C(=O)Cn1cc(Cl)c([N+](=O)[O-])n1. The van der Waals surface area contributed by atoms with E-state index in [1.54, 1.807) is 20.8 Å². The molecule has 1 aromatic heterocycles. The molecule has 0 N–H and O–H groups in total. The van der Waals surface area contributed by atoms with Gasteiger partial charge in [-0.2, -0.15) is 4.68 Å². The van der Waals surface area contributed by atoms with Gasteiger partial charge in [-0.3, -0.25) is 4.79 Å². The Kier molecular flexibility index (Phi) is 3.32. The molecular weight excluding hydrogens is 234 g/mol. The highest BCUT2D eigenvalue weighted by Crippen LogP contribution is 2.22. The lowest BCUT2D eigenvalue weighted by atomic mass is 9.91. The molecule has 1 rings (SSSR count). The van der Waals surface area contributed by atoms with Crippen molar-refractivity contribution in [1.82, 2.24) is 9.78 Å². The van der Waals surface area contributed by atoms with Gasteiger partial charge in [0.15, 0.2) is 10.8 Å². The van der Waals surface area contributed by atoms with Gasteiger partial charge in [-0.15, -0.1) is 0 Å². The van der Waals surface area contributed by atoms with Crippen LogP contribution < -0.4 is 0 Å². The van der Waals surface area contributed by atoms with Crippen molar-refractivity contribution >= 4 is 23.2 Å². The molecule has 0 amide bonds. The number of carbonyl (C=O) groups is 1. The predicted octanol–water partition coefficient (Wildman–Crippen LogP) is 2.06. The first-order valence-electron chi connectivity index (χ1n) is 4.62. The summed E-state index contributed by atoms with van der Waals surface area (Å²) in [5, 5.41) is 14.0. The lowest BCUT2D eigenvalue weighted by molar-refractivity contribution is -0.389. The van der Waals surface area contributed by atoms with Gasteiger partial charge in [-0.05, 0) is 4.92 Å². The van der Waals surface area contributed by atoms with Crippen LogP contribution in [0.4, 0.5) is 5.82 Å². The van der Waals surface area contributed by atoms with Gasteiger partial charge >= 0.3 is 5.82 Å². The fourth-order valence-electron chi connectivity index (χ4n) is 0.976. The highest BCUT2D eigenvalue weighted by molar-refractivity contribution is 6.32. The fourth-order valence-corrected chi connectivity index (χ4v) is 1.20. The van der Waals surface area contributed by atoms with Crippen molar-refractivity contribution in [3.8, 4) is 0 Å². The van der Waals surface area contributed by atoms with E-state index in [4.69, 9.17) is 11.6 Å². The normalized spacial score (nSPS) is 11.5. The Bertz CT molecular complexity index is 434. The van der Waals surface area contributed by atoms with Crippen LogP contribution in [0.5, 0.6) is 0 Å². The van der Waals surface area contributed by atoms with Crippen LogP contribution in [-0.2, 0) is 11.3 Å². The van der Waals surface area contributed by atoms with Crippen molar-refractivity contribution in [2.45, 2.75) is 27.3 Å². The second kappa shape index (κ2) is 4.21. The molecule has 6 nitrogen and oxygen atoms in total. The third-order valence-electron chi connectivity index (χ3n) is 2.01. The van der Waals surface area contributed by atoms with Crippen molar-refractivity contribution < 1.29 is 9.72 Å². The van der Waals surface area contributed by atoms with Crippen LogP contribution >= 0.6 is 11.6 Å². The highest BCUT2D eigenvalue weighted by atomic mass is 35.5. The maximum Gasteiger partial charge on any atom is 0.408 e. The summed E-state index contributed by atoms with van der Waals surface area (Å²) in [6.07, 6.45) is 1.28. The number of rotatable bonds is 3. The molecule has 0 radical (unpaired) electrons. The third kappa shape index (κ3) is 2.79. The lowest BCUT2D eigenvalue weighted by Crippen LogP contribution is -2.25. The summed E-state index contributed by atoms with van der Waals surface area (Å²) in [4.78, 5) is 21.4. The minimum absolute atomic E-state index is 0.0168. The second-order valence-electron chi connectivity index (χ2n) is 4.43. The van der Waals surface area contributed by atoms with Gasteiger partial charge in [0.1, 0.15) is 6.54 Å². The van der Waals surface area contributed by atoms with Crippen LogP contribution in [0.3, 0.4) is 0 Å².